The van der Waals surface area contributed by atoms with Gasteiger partial charge in [-0.1, -0.05) is 57.2 Å². The number of hydrogen-bond donors (Lipinski definition) is 1. The molecule has 2 aromatic carbocycles. The fourth-order valence-electron chi connectivity index (χ4n) is 3.27. The van der Waals surface area contributed by atoms with Gasteiger partial charge < -0.3 is 19.7 Å². The third-order valence-corrected chi connectivity index (χ3v) is 5.09. The Morgan fingerprint density at radius 3 is 2.29 bits per heavy atom. The summed E-state index contributed by atoms with van der Waals surface area (Å²) in [5, 5.41) is 2.97. The molecular weight excluding hydrogens is 392 g/mol. The van der Waals surface area contributed by atoms with Crippen LogP contribution in [0.4, 0.5) is 0 Å². The number of carbonyl (C=O) groups excluding carboxylic acids is 2. The Hall–Kier alpha value is -3.02. The zero-order chi connectivity index (χ0) is 22.8. The maximum Gasteiger partial charge on any atom is 0.261 e. The van der Waals surface area contributed by atoms with Crippen LogP contribution in [0.1, 0.15) is 38.3 Å². The summed E-state index contributed by atoms with van der Waals surface area (Å²) in [6.45, 7) is 8.73. The Kier molecular flexibility index (Phi) is 9.38. The highest BCUT2D eigenvalue weighted by atomic mass is 16.5. The molecule has 1 atom stereocenters. The Balaban J connectivity index is 2.23. The molecule has 0 aliphatic heterocycles. The normalized spacial score (nSPS) is 11.7. The van der Waals surface area contributed by atoms with E-state index in [-0.39, 0.29) is 18.4 Å². The van der Waals surface area contributed by atoms with Gasteiger partial charge in [-0.15, -0.1) is 0 Å². The van der Waals surface area contributed by atoms with Crippen molar-refractivity contribution in [3.63, 3.8) is 0 Å². The summed E-state index contributed by atoms with van der Waals surface area (Å²) in [5.74, 6) is 0.987. The number of amides is 2. The first kappa shape index (κ1) is 24.3. The van der Waals surface area contributed by atoms with Gasteiger partial charge in [-0.05, 0) is 42.5 Å². The maximum absolute atomic E-state index is 13.3. The van der Waals surface area contributed by atoms with Gasteiger partial charge in [0.2, 0.25) is 5.91 Å². The maximum atomic E-state index is 13.3. The average Bonchev–Trinajstić information content (AvgIpc) is 2.77. The number of hydrogen-bond acceptors (Lipinski definition) is 4. The van der Waals surface area contributed by atoms with Crippen LogP contribution in [0, 0.1) is 12.8 Å². The minimum atomic E-state index is -0.577. The van der Waals surface area contributed by atoms with E-state index in [0.29, 0.717) is 36.9 Å². The molecule has 0 heterocycles. The molecule has 6 heteroatoms. The van der Waals surface area contributed by atoms with Crippen LogP contribution in [0.25, 0.3) is 0 Å². The smallest absolute Gasteiger partial charge is 0.261 e. The quantitative estimate of drug-likeness (QED) is 0.591. The average molecular weight is 427 g/mol. The molecule has 31 heavy (non-hydrogen) atoms. The largest absolute Gasteiger partial charge is 0.493 e. The molecule has 6 nitrogen and oxygen atoms in total. The Bertz CT molecular complexity index is 866. The molecule has 0 radical (unpaired) electrons. The van der Waals surface area contributed by atoms with E-state index in [9.17, 15) is 9.59 Å². The summed E-state index contributed by atoms with van der Waals surface area (Å²) in [4.78, 5) is 27.8. The Morgan fingerprint density at radius 2 is 1.68 bits per heavy atom. The molecular formula is C25H34N2O4. The third-order valence-electron chi connectivity index (χ3n) is 5.09. The second-order valence-corrected chi connectivity index (χ2v) is 7.95. The molecule has 2 rings (SSSR count). The first-order valence-electron chi connectivity index (χ1n) is 10.7. The van der Waals surface area contributed by atoms with E-state index in [1.807, 2.05) is 64.1 Å². The monoisotopic (exact) mass is 426 g/mol. The predicted octanol–water partition coefficient (Wildman–Crippen LogP) is 3.96. The van der Waals surface area contributed by atoms with Gasteiger partial charge in [0, 0.05) is 13.1 Å². The Morgan fingerprint density at radius 1 is 1.03 bits per heavy atom. The van der Waals surface area contributed by atoms with E-state index in [2.05, 4.69) is 5.32 Å². The molecule has 2 amide bonds. The highest BCUT2D eigenvalue weighted by molar-refractivity contribution is 5.88. The Labute approximate surface area is 185 Å². The molecule has 0 unspecified atom stereocenters. The summed E-state index contributed by atoms with van der Waals surface area (Å²) < 4.78 is 11.1. The summed E-state index contributed by atoms with van der Waals surface area (Å²) in [7, 11) is 1.56. The van der Waals surface area contributed by atoms with Crippen molar-refractivity contribution < 1.29 is 19.1 Å². The van der Waals surface area contributed by atoms with Gasteiger partial charge in [-0.2, -0.15) is 0 Å². The second-order valence-electron chi connectivity index (χ2n) is 7.95. The van der Waals surface area contributed by atoms with E-state index in [1.165, 1.54) is 0 Å². The molecule has 0 fully saturated rings. The van der Waals surface area contributed by atoms with E-state index >= 15 is 0 Å². The molecule has 2 aromatic rings. The highest BCUT2D eigenvalue weighted by Crippen LogP contribution is 2.26. The fraction of sp³-hybridized carbons (Fsp3) is 0.440. The summed E-state index contributed by atoms with van der Waals surface area (Å²) >= 11 is 0. The minimum absolute atomic E-state index is 0.143. The van der Waals surface area contributed by atoms with Crippen LogP contribution in [0.5, 0.6) is 11.5 Å². The van der Waals surface area contributed by atoms with E-state index in [4.69, 9.17) is 9.47 Å². The number of nitrogens with zero attached hydrogens (tertiary/aromatic N) is 1. The van der Waals surface area contributed by atoms with Crippen molar-refractivity contribution in [1.29, 1.82) is 0 Å². The van der Waals surface area contributed by atoms with Crippen molar-refractivity contribution in [2.75, 3.05) is 20.3 Å². The fourth-order valence-corrected chi connectivity index (χ4v) is 3.27. The molecule has 0 aliphatic carbocycles. The zero-order valence-corrected chi connectivity index (χ0v) is 19.2. The molecule has 0 spiro atoms. The topological polar surface area (TPSA) is 67.9 Å². The van der Waals surface area contributed by atoms with Gasteiger partial charge in [0.15, 0.2) is 18.1 Å². The van der Waals surface area contributed by atoms with Crippen molar-refractivity contribution >= 4 is 11.8 Å². The van der Waals surface area contributed by atoms with Crippen LogP contribution in [-0.2, 0) is 16.1 Å². The first-order chi connectivity index (χ1) is 14.9. The van der Waals surface area contributed by atoms with Crippen LogP contribution in [0.3, 0.4) is 0 Å². The summed E-state index contributed by atoms with van der Waals surface area (Å²) in [6, 6.07) is 14.5. The SMILES string of the molecule is CC[C@@H](C(=O)NCC(C)C)N(Cc1ccccc1C)C(=O)COc1ccccc1OC. The predicted molar refractivity (Wildman–Crippen MR) is 122 cm³/mol. The summed E-state index contributed by atoms with van der Waals surface area (Å²) in [6.07, 6.45) is 0.510. The number of carbonyl (C=O) groups is 2. The van der Waals surface area contributed by atoms with Crippen LogP contribution < -0.4 is 14.8 Å². The van der Waals surface area contributed by atoms with Crippen molar-refractivity contribution in [3.8, 4) is 11.5 Å². The summed E-state index contributed by atoms with van der Waals surface area (Å²) in [5.41, 5.74) is 2.08. The number of methoxy groups -OCH3 is 1. The van der Waals surface area contributed by atoms with Gasteiger partial charge in [0.05, 0.1) is 7.11 Å². The molecule has 0 saturated heterocycles. The molecule has 0 saturated carbocycles. The van der Waals surface area contributed by atoms with Crippen LogP contribution >= 0.6 is 0 Å². The number of nitrogens with one attached hydrogen (secondary N) is 1. The molecule has 0 bridgehead atoms. The van der Waals surface area contributed by atoms with Crippen LogP contribution in [0.15, 0.2) is 48.5 Å². The van der Waals surface area contributed by atoms with Crippen molar-refractivity contribution in [1.82, 2.24) is 10.2 Å². The van der Waals surface area contributed by atoms with Gasteiger partial charge in [-0.25, -0.2) is 0 Å². The van der Waals surface area contributed by atoms with E-state index in [1.54, 1.807) is 24.1 Å². The lowest BCUT2D eigenvalue weighted by Gasteiger charge is -2.31. The number of rotatable bonds is 11. The van der Waals surface area contributed by atoms with Crippen LogP contribution in [0.2, 0.25) is 0 Å². The molecule has 1 N–H and O–H groups in total. The number of benzene rings is 2. The first-order valence-corrected chi connectivity index (χ1v) is 10.7. The standard InChI is InChI=1S/C25H34N2O4/c1-6-21(25(29)26-15-18(2)3)27(16-20-12-8-7-11-19(20)4)24(28)17-31-23-14-10-9-13-22(23)30-5/h7-14,18,21H,6,15-17H2,1-5H3,(H,26,29)/t21-/m0/s1. The lowest BCUT2D eigenvalue weighted by atomic mass is 10.1. The highest BCUT2D eigenvalue weighted by Gasteiger charge is 2.29. The number of aryl methyl sites for hydroxylation is 1. The van der Waals surface area contributed by atoms with Crippen molar-refractivity contribution in [2.24, 2.45) is 5.92 Å². The van der Waals surface area contributed by atoms with Gasteiger partial charge >= 0.3 is 0 Å². The molecule has 168 valence electrons. The van der Waals surface area contributed by atoms with Gasteiger partial charge in [0.25, 0.3) is 5.91 Å². The number of para-hydroxylation sites is 2. The molecule has 0 aliphatic rings. The van der Waals surface area contributed by atoms with E-state index in [0.717, 1.165) is 11.1 Å². The third kappa shape index (κ3) is 7.02. The van der Waals surface area contributed by atoms with Gasteiger partial charge in [0.1, 0.15) is 6.04 Å². The molecule has 0 aromatic heterocycles. The lowest BCUT2D eigenvalue weighted by Crippen LogP contribution is -2.50. The van der Waals surface area contributed by atoms with Crippen LogP contribution in [-0.4, -0.2) is 43.0 Å². The minimum Gasteiger partial charge on any atom is -0.493 e. The lowest BCUT2D eigenvalue weighted by molar-refractivity contribution is -0.143. The van der Waals surface area contributed by atoms with Crippen molar-refractivity contribution in [2.45, 2.75) is 46.7 Å². The zero-order valence-electron chi connectivity index (χ0n) is 19.2. The second kappa shape index (κ2) is 12.0. The van der Waals surface area contributed by atoms with Gasteiger partial charge in [-0.3, -0.25) is 9.59 Å². The number of ether oxygens (including phenoxy) is 2. The van der Waals surface area contributed by atoms with Crippen molar-refractivity contribution in [3.05, 3.63) is 59.7 Å². The van der Waals surface area contributed by atoms with E-state index < -0.39 is 6.04 Å².